The summed E-state index contributed by atoms with van der Waals surface area (Å²) in [6.07, 6.45) is 2.69. The van der Waals surface area contributed by atoms with Crippen molar-refractivity contribution in [2.45, 2.75) is 32.2 Å². The Morgan fingerprint density at radius 1 is 1.47 bits per heavy atom. The van der Waals surface area contributed by atoms with Crippen LogP contribution in [0.15, 0.2) is 0 Å². The highest BCUT2D eigenvalue weighted by Crippen LogP contribution is 1.97. The highest BCUT2D eigenvalue weighted by atomic mass is 16.3. The summed E-state index contributed by atoms with van der Waals surface area (Å²) in [4.78, 5) is 13.9. The number of aliphatic hydroxyl groups is 1. The van der Waals surface area contributed by atoms with Crippen molar-refractivity contribution >= 4 is 5.91 Å². The van der Waals surface area contributed by atoms with Crippen molar-refractivity contribution in [3.8, 4) is 0 Å². The molecule has 5 heteroatoms. The van der Waals surface area contributed by atoms with Gasteiger partial charge in [0, 0.05) is 25.7 Å². The van der Waals surface area contributed by atoms with Crippen LogP contribution in [0.1, 0.15) is 26.2 Å². The number of hydrogen-bond donors (Lipinski definition) is 3. The fraction of sp³-hybridized carbons (Fsp3) is 0.917. The minimum atomic E-state index is 0.0948. The normalized spacial score (nSPS) is 19.6. The molecule has 0 radical (unpaired) electrons. The van der Waals surface area contributed by atoms with Crippen LogP contribution in [0.25, 0.3) is 0 Å². The zero-order valence-electron chi connectivity index (χ0n) is 10.7. The summed E-state index contributed by atoms with van der Waals surface area (Å²) in [5, 5.41) is 15.0. The molecular weight excluding hydrogens is 218 g/mol. The van der Waals surface area contributed by atoms with Gasteiger partial charge < -0.3 is 15.7 Å². The molecule has 1 aliphatic rings. The van der Waals surface area contributed by atoms with Crippen molar-refractivity contribution in [2.24, 2.45) is 0 Å². The van der Waals surface area contributed by atoms with Crippen molar-refractivity contribution in [1.82, 2.24) is 15.5 Å². The first-order chi connectivity index (χ1) is 8.22. The van der Waals surface area contributed by atoms with Crippen LogP contribution in [0.3, 0.4) is 0 Å². The number of nitrogens with zero attached hydrogens (tertiary/aromatic N) is 1. The van der Waals surface area contributed by atoms with Crippen LogP contribution in [-0.4, -0.2) is 61.3 Å². The lowest BCUT2D eigenvalue weighted by atomic mass is 10.2. The molecule has 0 aromatic carbocycles. The number of nitrogens with one attached hydrogen (secondary N) is 2. The van der Waals surface area contributed by atoms with Gasteiger partial charge in [0.2, 0.25) is 5.91 Å². The second-order valence-electron chi connectivity index (χ2n) is 4.71. The lowest BCUT2D eigenvalue weighted by molar-refractivity contribution is -0.122. The standard InChI is InChI=1S/C12H25N3O2/c1-11(4-2-9-16)14-12(17)10-15-7-3-5-13-6-8-15/h11,13,16H,2-10H2,1H3,(H,14,17). The van der Waals surface area contributed by atoms with Crippen molar-refractivity contribution in [2.75, 3.05) is 39.3 Å². The Morgan fingerprint density at radius 3 is 3.06 bits per heavy atom. The van der Waals surface area contributed by atoms with E-state index in [1.54, 1.807) is 0 Å². The maximum atomic E-state index is 11.8. The van der Waals surface area contributed by atoms with E-state index in [1.807, 2.05) is 6.92 Å². The average Bonchev–Trinajstić information content (AvgIpc) is 2.54. The van der Waals surface area contributed by atoms with Gasteiger partial charge in [-0.1, -0.05) is 0 Å². The Balaban J connectivity index is 2.18. The maximum Gasteiger partial charge on any atom is 0.234 e. The van der Waals surface area contributed by atoms with Crippen molar-refractivity contribution in [1.29, 1.82) is 0 Å². The zero-order chi connectivity index (χ0) is 12.5. The first-order valence-corrected chi connectivity index (χ1v) is 6.55. The molecule has 1 saturated heterocycles. The quantitative estimate of drug-likeness (QED) is 0.592. The summed E-state index contributed by atoms with van der Waals surface area (Å²) in [6.45, 7) is 6.61. The van der Waals surface area contributed by atoms with E-state index in [0.717, 1.165) is 45.4 Å². The monoisotopic (exact) mass is 243 g/mol. The van der Waals surface area contributed by atoms with Gasteiger partial charge in [0.05, 0.1) is 6.54 Å². The Hall–Kier alpha value is -0.650. The van der Waals surface area contributed by atoms with Crippen LogP contribution in [0.5, 0.6) is 0 Å². The number of hydrogen-bond acceptors (Lipinski definition) is 4. The Morgan fingerprint density at radius 2 is 2.29 bits per heavy atom. The van der Waals surface area contributed by atoms with Crippen LogP contribution in [0.4, 0.5) is 0 Å². The van der Waals surface area contributed by atoms with Gasteiger partial charge in [0.25, 0.3) is 0 Å². The van der Waals surface area contributed by atoms with Gasteiger partial charge in [-0.3, -0.25) is 9.69 Å². The lowest BCUT2D eigenvalue weighted by Gasteiger charge is -2.20. The summed E-state index contributed by atoms with van der Waals surface area (Å²) in [7, 11) is 0. The largest absolute Gasteiger partial charge is 0.396 e. The van der Waals surface area contributed by atoms with Crippen molar-refractivity contribution in [3.05, 3.63) is 0 Å². The topological polar surface area (TPSA) is 64.6 Å². The summed E-state index contributed by atoms with van der Waals surface area (Å²) in [6, 6.07) is 0.153. The minimum Gasteiger partial charge on any atom is -0.396 e. The van der Waals surface area contributed by atoms with Gasteiger partial charge in [-0.25, -0.2) is 0 Å². The van der Waals surface area contributed by atoms with Gasteiger partial charge in [-0.15, -0.1) is 0 Å². The molecule has 1 rings (SSSR count). The lowest BCUT2D eigenvalue weighted by Crippen LogP contribution is -2.42. The number of carbonyl (C=O) groups excluding carboxylic acids is 1. The molecule has 0 saturated carbocycles. The van der Waals surface area contributed by atoms with E-state index < -0.39 is 0 Å². The van der Waals surface area contributed by atoms with Gasteiger partial charge in [0.1, 0.15) is 0 Å². The van der Waals surface area contributed by atoms with E-state index in [9.17, 15) is 4.79 Å². The summed E-state index contributed by atoms with van der Waals surface area (Å²) < 4.78 is 0. The molecule has 5 nitrogen and oxygen atoms in total. The van der Waals surface area contributed by atoms with Crippen LogP contribution in [0.2, 0.25) is 0 Å². The molecule has 1 unspecified atom stereocenters. The summed E-state index contributed by atoms with van der Waals surface area (Å²) in [5.41, 5.74) is 0. The molecule has 0 aromatic rings. The van der Waals surface area contributed by atoms with Crippen LogP contribution in [0, 0.1) is 0 Å². The summed E-state index contributed by atoms with van der Waals surface area (Å²) in [5.74, 6) is 0.0948. The smallest absolute Gasteiger partial charge is 0.234 e. The first-order valence-electron chi connectivity index (χ1n) is 6.55. The van der Waals surface area contributed by atoms with Crippen molar-refractivity contribution in [3.63, 3.8) is 0 Å². The second kappa shape index (κ2) is 8.44. The molecule has 17 heavy (non-hydrogen) atoms. The van der Waals surface area contributed by atoms with E-state index in [2.05, 4.69) is 15.5 Å². The number of carbonyl (C=O) groups is 1. The Bertz CT molecular complexity index is 216. The highest BCUT2D eigenvalue weighted by molar-refractivity contribution is 5.78. The second-order valence-corrected chi connectivity index (χ2v) is 4.71. The Labute approximate surface area is 104 Å². The molecule has 1 amide bonds. The van der Waals surface area contributed by atoms with Crippen LogP contribution in [-0.2, 0) is 4.79 Å². The van der Waals surface area contributed by atoms with Crippen LogP contribution >= 0.6 is 0 Å². The molecule has 1 fully saturated rings. The van der Waals surface area contributed by atoms with E-state index in [1.165, 1.54) is 0 Å². The van der Waals surface area contributed by atoms with Gasteiger partial charge in [-0.2, -0.15) is 0 Å². The summed E-state index contributed by atoms with van der Waals surface area (Å²) >= 11 is 0. The number of rotatable bonds is 6. The number of aliphatic hydroxyl groups excluding tert-OH is 1. The molecule has 0 spiro atoms. The van der Waals surface area contributed by atoms with Crippen molar-refractivity contribution < 1.29 is 9.90 Å². The van der Waals surface area contributed by atoms with Gasteiger partial charge >= 0.3 is 0 Å². The third-order valence-corrected chi connectivity index (χ3v) is 3.00. The van der Waals surface area contributed by atoms with Gasteiger partial charge in [-0.05, 0) is 39.3 Å². The molecule has 3 N–H and O–H groups in total. The van der Waals surface area contributed by atoms with E-state index >= 15 is 0 Å². The molecule has 0 aliphatic carbocycles. The van der Waals surface area contributed by atoms with E-state index in [0.29, 0.717) is 6.54 Å². The molecular formula is C12H25N3O2. The van der Waals surface area contributed by atoms with E-state index in [-0.39, 0.29) is 18.6 Å². The fourth-order valence-electron chi connectivity index (χ4n) is 2.05. The zero-order valence-corrected chi connectivity index (χ0v) is 10.7. The van der Waals surface area contributed by atoms with Crippen LogP contribution < -0.4 is 10.6 Å². The predicted molar refractivity (Wildman–Crippen MR) is 67.9 cm³/mol. The Kier molecular flexibility index (Phi) is 7.16. The number of amides is 1. The fourth-order valence-corrected chi connectivity index (χ4v) is 2.05. The van der Waals surface area contributed by atoms with E-state index in [4.69, 9.17) is 5.11 Å². The molecule has 0 aromatic heterocycles. The molecule has 100 valence electrons. The maximum absolute atomic E-state index is 11.8. The average molecular weight is 243 g/mol. The first kappa shape index (κ1) is 14.4. The third-order valence-electron chi connectivity index (χ3n) is 3.00. The highest BCUT2D eigenvalue weighted by Gasteiger charge is 2.13. The SMILES string of the molecule is CC(CCCO)NC(=O)CN1CCCNCC1. The molecule has 1 atom stereocenters. The molecule has 1 aliphatic heterocycles. The molecule has 1 heterocycles. The molecule has 0 bridgehead atoms. The third kappa shape index (κ3) is 6.61. The minimum absolute atomic E-state index is 0.0948. The van der Waals surface area contributed by atoms with Gasteiger partial charge in [0.15, 0.2) is 0 Å². The predicted octanol–water partition coefficient (Wildman–Crippen LogP) is -0.441.